The summed E-state index contributed by atoms with van der Waals surface area (Å²) in [6, 6.07) is 66.8. The molecule has 2 aliphatic carbocycles. The van der Waals surface area contributed by atoms with Crippen molar-refractivity contribution >= 4 is 70.8 Å². The summed E-state index contributed by atoms with van der Waals surface area (Å²) >= 11 is 2.52. The second kappa shape index (κ2) is 24.6. The third kappa shape index (κ3) is 12.2. The van der Waals surface area contributed by atoms with Crippen LogP contribution in [0.4, 0.5) is 4.79 Å². The molecule has 0 spiro atoms. The van der Waals surface area contributed by atoms with Gasteiger partial charge in [-0.2, -0.15) is 0 Å². The molecule has 4 saturated heterocycles. The van der Waals surface area contributed by atoms with Crippen LogP contribution in [0.2, 0.25) is 29.7 Å². The Morgan fingerprint density at radius 1 is 0.487 bits per heavy atom. The van der Waals surface area contributed by atoms with Gasteiger partial charge in [-0.1, -0.05) is 243 Å². The number of hydrogen-bond donors (Lipinski definition) is 0. The Balaban J connectivity index is 0.000000167. The maximum Gasteiger partial charge on any atom is 0.410 e. The largest absolute Gasteiger partial charge is 0.450 e. The minimum absolute atomic E-state index is 0.00947. The second-order valence-electron chi connectivity index (χ2n) is 27.0. The maximum absolute atomic E-state index is 13.5. The Kier molecular flexibility index (Phi) is 18.1. The molecule has 12 rings (SSSR count). The molecule has 4 aliphatic heterocycles. The average Bonchev–Trinajstić information content (AvgIpc) is 3.94. The minimum Gasteiger partial charge on any atom is -0.450 e. The lowest BCUT2D eigenvalue weighted by Crippen LogP contribution is -2.69. The van der Waals surface area contributed by atoms with Gasteiger partial charge < -0.3 is 13.6 Å². The molecule has 4 heterocycles. The lowest BCUT2D eigenvalue weighted by atomic mass is 9.78. The summed E-state index contributed by atoms with van der Waals surface area (Å²) in [5.41, 5.74) is 2.10. The lowest BCUT2D eigenvalue weighted by molar-refractivity contribution is 0.00794. The summed E-state index contributed by atoms with van der Waals surface area (Å²) < 4.78 is 21.4. The van der Waals surface area contributed by atoms with Gasteiger partial charge in [0.05, 0.1) is 36.9 Å². The van der Waals surface area contributed by atoms with Crippen LogP contribution in [0.1, 0.15) is 91.7 Å². The van der Waals surface area contributed by atoms with Gasteiger partial charge >= 0.3 is 6.09 Å². The van der Waals surface area contributed by atoms with Crippen molar-refractivity contribution in [2.75, 3.05) is 19.7 Å². The Hall–Kier alpha value is -4.19. The van der Waals surface area contributed by atoms with Crippen molar-refractivity contribution in [3.8, 4) is 0 Å². The molecule has 10 unspecified atom stereocenters. The molecular formula is C69H90IN3O4Si3. The van der Waals surface area contributed by atoms with Gasteiger partial charge in [0.2, 0.25) is 0 Å². The van der Waals surface area contributed by atoms with E-state index in [-0.39, 0.29) is 40.4 Å². The fraction of sp³-hybridized carbons (Fsp3) is 0.464. The van der Waals surface area contributed by atoms with Crippen LogP contribution in [-0.2, 0) is 26.7 Å². The first-order valence-corrected chi connectivity index (χ1v) is 40.5. The average molecular weight is 1240 g/mol. The quantitative estimate of drug-likeness (QED) is 0.0652. The standard InChI is InChI=1S/C34H42N2O3Si.C32H39NOSi.C3H9ISi/c1-5-38-33(37)36-29-21-26-22-30(36)32(31(29)35(24-26)23-25-15-9-6-10-16-25)39-40(34(2,3)4,27-17-11-7-12-18-27)28-19-13-8-14-20-28;1-32(2,3)35(28-15-9-5-10-16-28,29-17-11-6-12-18-29)34-31-27-20-25-19-26(21-27)30(31)33(23-25)22-24-13-7-4-8-14-24;1-5(2,3)4/h6-20,26,29-32H,5,21-24H2,1-4H3;4-18,25-27,30-31H,19-23H2,1-3H3;1-3H3. The summed E-state index contributed by atoms with van der Waals surface area (Å²) in [6.07, 6.45) is 6.07. The molecule has 6 bridgehead atoms. The number of amides is 1. The molecule has 424 valence electrons. The first-order chi connectivity index (χ1) is 38.3. The van der Waals surface area contributed by atoms with Crippen molar-refractivity contribution in [1.82, 2.24) is 14.7 Å². The highest BCUT2D eigenvalue weighted by molar-refractivity contribution is 14.1. The van der Waals surface area contributed by atoms with Crippen LogP contribution in [0.5, 0.6) is 0 Å². The number of rotatable bonds is 13. The number of nitrogens with zero attached hydrogens (tertiary/aromatic N) is 3. The molecule has 7 nitrogen and oxygen atoms in total. The molecule has 0 aromatic heterocycles. The summed E-state index contributed by atoms with van der Waals surface area (Å²) in [5, 5.41) is 5.26. The van der Waals surface area contributed by atoms with Gasteiger partial charge in [-0.15, -0.1) is 21.8 Å². The first-order valence-electron chi connectivity index (χ1n) is 30.1. The van der Waals surface area contributed by atoms with E-state index >= 15 is 0 Å². The van der Waals surface area contributed by atoms with Crippen molar-refractivity contribution in [2.45, 2.75) is 160 Å². The zero-order chi connectivity index (χ0) is 56.5. The van der Waals surface area contributed by atoms with Crippen LogP contribution in [0.25, 0.3) is 0 Å². The van der Waals surface area contributed by atoms with Crippen LogP contribution in [-0.4, -0.2) is 99.1 Å². The van der Waals surface area contributed by atoms with Gasteiger partial charge in [0.1, 0.15) is 5.57 Å². The molecule has 11 heteroatoms. The molecule has 6 aromatic carbocycles. The lowest BCUT2D eigenvalue weighted by Gasteiger charge is -2.48. The van der Waals surface area contributed by atoms with Gasteiger partial charge in [0, 0.05) is 32.2 Å². The number of likely N-dealkylation sites (tertiary alicyclic amines) is 2. The van der Waals surface area contributed by atoms with Crippen molar-refractivity contribution in [1.29, 1.82) is 0 Å². The van der Waals surface area contributed by atoms with E-state index in [1.165, 1.54) is 57.7 Å². The molecular weight excluding hydrogens is 1150 g/mol. The van der Waals surface area contributed by atoms with E-state index in [0.717, 1.165) is 44.3 Å². The smallest absolute Gasteiger partial charge is 0.410 e. The van der Waals surface area contributed by atoms with Crippen LogP contribution in [0.15, 0.2) is 182 Å². The zero-order valence-corrected chi connectivity index (χ0v) is 54.7. The van der Waals surface area contributed by atoms with Crippen LogP contribution in [0.3, 0.4) is 0 Å². The Morgan fingerprint density at radius 2 is 0.838 bits per heavy atom. The number of carbonyl (C=O) groups is 1. The van der Waals surface area contributed by atoms with Crippen LogP contribution in [0, 0.1) is 23.7 Å². The number of fused-ring (bicyclic) bond motifs is 4. The summed E-state index contributed by atoms with van der Waals surface area (Å²) in [7, 11) is -5.39. The van der Waals surface area contributed by atoms with Crippen molar-refractivity contribution in [2.24, 2.45) is 23.7 Å². The van der Waals surface area contributed by atoms with E-state index in [4.69, 9.17) is 13.6 Å². The predicted octanol–water partition coefficient (Wildman–Crippen LogP) is 13.6. The Morgan fingerprint density at radius 3 is 1.24 bits per heavy atom. The molecule has 2 saturated carbocycles. The highest BCUT2D eigenvalue weighted by Gasteiger charge is 2.64. The van der Waals surface area contributed by atoms with Gasteiger partial charge in [0.25, 0.3) is 16.6 Å². The molecule has 6 aliphatic rings. The number of halogens is 1. The van der Waals surface area contributed by atoms with Crippen LogP contribution >= 0.6 is 21.8 Å². The third-order valence-corrected chi connectivity index (χ3v) is 28.4. The SMILES string of the molecule is CC(C)(C)[Si](OC1C2CC3CC(C2)C1N(Cc1ccccc1)C3)(c1ccccc1)c1ccccc1.CCOC(=O)N1C2CC3CC1C(C2O[Si](c1ccccc1)(c1ccccc1)C(C)(C)C)N(Cc1ccccc1)C3.C[Si](C)(C)I. The molecule has 6 fully saturated rings. The summed E-state index contributed by atoms with van der Waals surface area (Å²) in [6.45, 7) is 27.7. The van der Waals surface area contributed by atoms with Crippen molar-refractivity contribution < 1.29 is 18.4 Å². The Labute approximate surface area is 496 Å². The fourth-order valence-electron chi connectivity index (χ4n) is 15.6. The number of ether oxygens (including phenoxy) is 1. The fourth-order valence-corrected chi connectivity index (χ4v) is 25.1. The molecule has 1 amide bonds. The molecule has 0 N–H and O–H groups in total. The maximum atomic E-state index is 13.5. The van der Waals surface area contributed by atoms with Crippen LogP contribution < -0.4 is 20.7 Å². The topological polar surface area (TPSA) is 54.5 Å². The Bertz CT molecular complexity index is 2840. The van der Waals surface area contributed by atoms with Gasteiger partial charge in [-0.3, -0.25) is 14.7 Å². The molecule has 0 radical (unpaired) electrons. The zero-order valence-electron chi connectivity index (χ0n) is 49.5. The van der Waals surface area contributed by atoms with Crippen molar-refractivity contribution in [3.63, 3.8) is 0 Å². The predicted molar refractivity (Wildman–Crippen MR) is 347 cm³/mol. The van der Waals surface area contributed by atoms with Crippen molar-refractivity contribution in [3.05, 3.63) is 193 Å². The number of benzene rings is 6. The molecule has 6 aromatic rings. The summed E-state index contributed by atoms with van der Waals surface area (Å²) in [4.78, 5) is 21.0. The normalized spacial score (nSPS) is 26.3. The van der Waals surface area contributed by atoms with E-state index in [1.54, 1.807) is 0 Å². The van der Waals surface area contributed by atoms with E-state index in [2.05, 4.69) is 280 Å². The number of carbonyl (C=O) groups excluding carboxylic acids is 1. The van der Waals surface area contributed by atoms with E-state index in [0.29, 0.717) is 30.6 Å². The minimum atomic E-state index is -2.82. The van der Waals surface area contributed by atoms with E-state index in [1.807, 2.05) is 6.92 Å². The van der Waals surface area contributed by atoms with E-state index in [9.17, 15) is 4.79 Å². The first kappa shape index (κ1) is 59.0. The van der Waals surface area contributed by atoms with Gasteiger partial charge in [-0.25, -0.2) is 4.79 Å². The monoisotopic (exact) mass is 1240 g/mol. The second-order valence-corrected chi connectivity index (χ2v) is 49.4. The van der Waals surface area contributed by atoms with Gasteiger partial charge in [-0.05, 0) is 105 Å². The number of hydrogen-bond acceptors (Lipinski definition) is 6. The highest BCUT2D eigenvalue weighted by Crippen LogP contribution is 2.55. The third-order valence-electron chi connectivity index (χ3n) is 18.4. The summed E-state index contributed by atoms with van der Waals surface area (Å²) in [5.74, 6) is 2.84. The molecule has 80 heavy (non-hydrogen) atoms. The van der Waals surface area contributed by atoms with Gasteiger partial charge in [0.15, 0.2) is 0 Å². The van der Waals surface area contributed by atoms with E-state index < -0.39 is 22.2 Å². The molecule has 10 atom stereocenters. The highest BCUT2D eigenvalue weighted by atomic mass is 127. The number of piperidine rings is 3.